The molecule has 4 rings (SSSR count). The normalized spacial score (nSPS) is 13.0. The minimum Gasteiger partial charge on any atom is -0.465 e. The molecule has 132 valence electrons. The summed E-state index contributed by atoms with van der Waals surface area (Å²) in [6, 6.07) is 11.0. The first-order valence-electron chi connectivity index (χ1n) is 8.50. The monoisotopic (exact) mass is 350 g/mol. The maximum Gasteiger partial charge on any atom is 0.337 e. The van der Waals surface area contributed by atoms with E-state index in [2.05, 4.69) is 4.57 Å². The second-order valence-electron chi connectivity index (χ2n) is 6.55. The predicted octanol–water partition coefficient (Wildman–Crippen LogP) is 4.26. The van der Waals surface area contributed by atoms with Gasteiger partial charge in [0, 0.05) is 40.3 Å². The van der Waals surface area contributed by atoms with Gasteiger partial charge in [0.1, 0.15) is 0 Å². The Labute approximate surface area is 150 Å². The van der Waals surface area contributed by atoms with Gasteiger partial charge in [-0.1, -0.05) is 6.07 Å². The maximum absolute atomic E-state index is 11.8. The Hall–Kier alpha value is -3.15. The molecule has 1 aromatic heterocycles. The van der Waals surface area contributed by atoms with E-state index in [4.69, 9.17) is 4.74 Å². The molecule has 0 radical (unpaired) electrons. The number of esters is 1. The summed E-state index contributed by atoms with van der Waals surface area (Å²) in [4.78, 5) is 22.9. The molecule has 0 amide bonds. The summed E-state index contributed by atoms with van der Waals surface area (Å²) in [6.45, 7) is 2.64. The number of nitrogens with zero attached hydrogens (tertiary/aromatic N) is 2. The van der Waals surface area contributed by atoms with Crippen molar-refractivity contribution >= 4 is 22.6 Å². The van der Waals surface area contributed by atoms with Crippen molar-refractivity contribution in [2.75, 3.05) is 7.11 Å². The summed E-state index contributed by atoms with van der Waals surface area (Å²) in [6.07, 6.45) is 1.84. The van der Waals surface area contributed by atoms with Crippen LogP contribution in [-0.4, -0.2) is 22.6 Å². The van der Waals surface area contributed by atoms with E-state index in [1.54, 1.807) is 12.1 Å². The van der Waals surface area contributed by atoms with Crippen molar-refractivity contribution in [3.05, 3.63) is 63.2 Å². The van der Waals surface area contributed by atoms with Gasteiger partial charge in [0.25, 0.3) is 5.69 Å². The Balaban J connectivity index is 1.99. The molecule has 0 atom stereocenters. The third-order valence-electron chi connectivity index (χ3n) is 5.13. The lowest BCUT2D eigenvalue weighted by Crippen LogP contribution is -2.01. The molecule has 0 spiro atoms. The van der Waals surface area contributed by atoms with Crippen LogP contribution in [-0.2, 0) is 17.7 Å². The van der Waals surface area contributed by atoms with Gasteiger partial charge in [-0.3, -0.25) is 10.1 Å². The van der Waals surface area contributed by atoms with Crippen molar-refractivity contribution in [1.82, 2.24) is 4.57 Å². The molecule has 2 aromatic carbocycles. The molecule has 3 aromatic rings. The van der Waals surface area contributed by atoms with Crippen molar-refractivity contribution < 1.29 is 14.5 Å². The van der Waals surface area contributed by atoms with E-state index in [0.717, 1.165) is 47.1 Å². The molecular formula is C20H18N2O4. The van der Waals surface area contributed by atoms with E-state index in [1.165, 1.54) is 7.11 Å². The average molecular weight is 350 g/mol. The van der Waals surface area contributed by atoms with Crippen molar-refractivity contribution in [3.63, 3.8) is 0 Å². The van der Waals surface area contributed by atoms with Gasteiger partial charge in [-0.25, -0.2) is 4.79 Å². The Morgan fingerprint density at radius 1 is 1.23 bits per heavy atom. The summed E-state index contributed by atoms with van der Waals surface area (Å²) in [7, 11) is 1.36. The maximum atomic E-state index is 11.8. The van der Waals surface area contributed by atoms with Gasteiger partial charge < -0.3 is 9.30 Å². The Kier molecular flexibility index (Phi) is 3.76. The van der Waals surface area contributed by atoms with Gasteiger partial charge in [-0.15, -0.1) is 0 Å². The number of nitro benzene ring substituents is 1. The van der Waals surface area contributed by atoms with E-state index in [-0.39, 0.29) is 16.6 Å². The second kappa shape index (κ2) is 5.98. The van der Waals surface area contributed by atoms with Crippen LogP contribution in [0.4, 0.5) is 5.69 Å². The van der Waals surface area contributed by atoms with Crippen LogP contribution in [0.1, 0.15) is 27.9 Å². The van der Waals surface area contributed by atoms with Gasteiger partial charge in [-0.05, 0) is 49.6 Å². The van der Waals surface area contributed by atoms with Crippen molar-refractivity contribution in [1.29, 1.82) is 0 Å². The predicted molar refractivity (Wildman–Crippen MR) is 98.4 cm³/mol. The number of methoxy groups -OCH3 is 1. The van der Waals surface area contributed by atoms with E-state index in [9.17, 15) is 14.9 Å². The molecule has 0 fully saturated rings. The minimum atomic E-state index is -0.375. The topological polar surface area (TPSA) is 74.4 Å². The minimum absolute atomic E-state index is 0.137. The number of aromatic nitrogens is 1. The summed E-state index contributed by atoms with van der Waals surface area (Å²) in [5.74, 6) is -0.375. The number of hydrogen-bond donors (Lipinski definition) is 0. The molecule has 0 unspecified atom stereocenters. The zero-order valence-electron chi connectivity index (χ0n) is 14.6. The first-order chi connectivity index (χ1) is 12.5. The quantitative estimate of drug-likeness (QED) is 0.393. The Bertz CT molecular complexity index is 1070. The van der Waals surface area contributed by atoms with E-state index in [1.807, 2.05) is 31.2 Å². The molecule has 0 saturated carbocycles. The molecule has 0 bridgehead atoms. The van der Waals surface area contributed by atoms with Crippen LogP contribution in [0.15, 0.2) is 36.4 Å². The van der Waals surface area contributed by atoms with Crippen molar-refractivity contribution in [3.8, 4) is 11.3 Å². The Morgan fingerprint density at radius 2 is 2.04 bits per heavy atom. The van der Waals surface area contributed by atoms with Crippen LogP contribution >= 0.6 is 0 Å². The van der Waals surface area contributed by atoms with Crippen LogP contribution in [0.25, 0.3) is 22.2 Å². The van der Waals surface area contributed by atoms with Crippen LogP contribution in [0, 0.1) is 17.0 Å². The van der Waals surface area contributed by atoms with E-state index >= 15 is 0 Å². The SMILES string of the molecule is COC(=O)c1ccc2c(c1)cc1n2CCCc2ccc([N+](=O)[O-])c(C)c2-1. The van der Waals surface area contributed by atoms with Crippen LogP contribution in [0.2, 0.25) is 0 Å². The molecule has 6 nitrogen and oxygen atoms in total. The number of carbonyl (C=O) groups excluding carboxylic acids is 1. The lowest BCUT2D eigenvalue weighted by Gasteiger charge is -2.11. The molecule has 1 aliphatic heterocycles. The number of rotatable bonds is 2. The fourth-order valence-corrected chi connectivity index (χ4v) is 3.91. The number of carbonyl (C=O) groups is 1. The van der Waals surface area contributed by atoms with Gasteiger partial charge in [0.2, 0.25) is 0 Å². The highest BCUT2D eigenvalue weighted by Crippen LogP contribution is 2.39. The number of aryl methyl sites for hydroxylation is 2. The highest BCUT2D eigenvalue weighted by atomic mass is 16.6. The van der Waals surface area contributed by atoms with Gasteiger partial charge in [0.05, 0.1) is 17.6 Å². The molecule has 1 aliphatic rings. The standard InChI is InChI=1S/C20H18N2O4/c1-12-16(22(24)25)7-5-13-4-3-9-21-17-8-6-14(20(23)26-2)10-15(17)11-18(21)19(12)13/h5-8,10-11H,3-4,9H2,1-2H3. The summed E-state index contributed by atoms with van der Waals surface area (Å²) in [5, 5.41) is 12.3. The summed E-state index contributed by atoms with van der Waals surface area (Å²) >= 11 is 0. The number of ether oxygens (including phenoxy) is 1. The highest BCUT2D eigenvalue weighted by Gasteiger charge is 2.24. The number of benzene rings is 2. The van der Waals surface area contributed by atoms with Crippen LogP contribution < -0.4 is 0 Å². The molecule has 26 heavy (non-hydrogen) atoms. The largest absolute Gasteiger partial charge is 0.465 e. The number of nitro groups is 1. The average Bonchev–Trinajstić information content (AvgIpc) is 2.87. The van der Waals surface area contributed by atoms with E-state index < -0.39 is 0 Å². The van der Waals surface area contributed by atoms with Gasteiger partial charge >= 0.3 is 5.97 Å². The lowest BCUT2D eigenvalue weighted by atomic mass is 9.95. The smallest absolute Gasteiger partial charge is 0.337 e. The van der Waals surface area contributed by atoms with Crippen LogP contribution in [0.5, 0.6) is 0 Å². The van der Waals surface area contributed by atoms with Crippen molar-refractivity contribution in [2.24, 2.45) is 0 Å². The number of hydrogen-bond acceptors (Lipinski definition) is 4. The molecule has 2 heterocycles. The summed E-state index contributed by atoms with van der Waals surface area (Å²) < 4.78 is 7.00. The Morgan fingerprint density at radius 3 is 2.77 bits per heavy atom. The third-order valence-corrected chi connectivity index (χ3v) is 5.13. The lowest BCUT2D eigenvalue weighted by molar-refractivity contribution is -0.385. The zero-order chi connectivity index (χ0) is 18.4. The van der Waals surface area contributed by atoms with Gasteiger partial charge in [-0.2, -0.15) is 0 Å². The zero-order valence-corrected chi connectivity index (χ0v) is 14.6. The summed E-state index contributed by atoms with van der Waals surface area (Å²) in [5.41, 5.74) is 5.37. The number of fused-ring (bicyclic) bond motifs is 5. The third kappa shape index (κ3) is 2.37. The van der Waals surface area contributed by atoms with Crippen molar-refractivity contribution in [2.45, 2.75) is 26.3 Å². The van der Waals surface area contributed by atoms with E-state index in [0.29, 0.717) is 11.1 Å². The molecule has 6 heteroatoms. The first-order valence-corrected chi connectivity index (χ1v) is 8.50. The fraction of sp³-hybridized carbons (Fsp3) is 0.250. The second-order valence-corrected chi connectivity index (χ2v) is 6.55. The molecular weight excluding hydrogens is 332 g/mol. The molecule has 0 aliphatic carbocycles. The first kappa shape index (κ1) is 16.3. The van der Waals surface area contributed by atoms with Crippen LogP contribution in [0.3, 0.4) is 0 Å². The fourth-order valence-electron chi connectivity index (χ4n) is 3.91. The highest BCUT2D eigenvalue weighted by molar-refractivity contribution is 5.97. The molecule has 0 saturated heterocycles. The molecule has 0 N–H and O–H groups in total. The van der Waals surface area contributed by atoms with Gasteiger partial charge in [0.15, 0.2) is 0 Å².